The van der Waals surface area contributed by atoms with Crippen molar-refractivity contribution in [3.8, 4) is 0 Å². The monoisotopic (exact) mass is 223 g/mol. The van der Waals surface area contributed by atoms with Crippen LogP contribution in [0.15, 0.2) is 24.3 Å². The summed E-state index contributed by atoms with van der Waals surface area (Å²) in [5.41, 5.74) is 1.28. The molecule has 1 atom stereocenters. The molecule has 1 N–H and O–H groups in total. The third-order valence-corrected chi connectivity index (χ3v) is 3.46. The summed E-state index contributed by atoms with van der Waals surface area (Å²) in [5.74, 6) is 0. The summed E-state index contributed by atoms with van der Waals surface area (Å²) in [4.78, 5) is 0. The molecular weight excluding hydrogens is 206 g/mol. The highest BCUT2D eigenvalue weighted by Gasteiger charge is 2.12. The van der Waals surface area contributed by atoms with Gasteiger partial charge in [-0.3, -0.25) is 0 Å². The Morgan fingerprint density at radius 2 is 2.07 bits per heavy atom. The molecule has 0 bridgehead atoms. The average molecular weight is 224 g/mol. The average Bonchev–Trinajstić information content (AvgIpc) is 2.50. The number of benzene rings is 1. The third kappa shape index (κ3) is 3.22. The third-order valence-electron chi connectivity index (χ3n) is 3.09. The van der Waals surface area contributed by atoms with Gasteiger partial charge in [-0.2, -0.15) is 0 Å². The van der Waals surface area contributed by atoms with E-state index in [9.17, 15) is 0 Å². The largest absolute Gasteiger partial charge is 0.314 e. The first kappa shape index (κ1) is 11.0. The molecule has 1 aliphatic heterocycles. The molecule has 0 aliphatic carbocycles. The maximum atomic E-state index is 6.16. The molecule has 1 aliphatic rings. The standard InChI is InChI=1S/C13H18ClN/c14-13-8-4-3-6-11(13)10-12-7-2-1-5-9-15-12/h3-4,6,8,12,15H,1-2,5,7,9-10H2/t12-/m0/s1. The zero-order chi connectivity index (χ0) is 10.5. The van der Waals surface area contributed by atoms with Gasteiger partial charge in [0.15, 0.2) is 0 Å². The smallest absolute Gasteiger partial charge is 0.0438 e. The first-order valence-corrected chi connectivity index (χ1v) is 6.21. The van der Waals surface area contributed by atoms with E-state index < -0.39 is 0 Å². The van der Waals surface area contributed by atoms with Crippen molar-refractivity contribution in [3.05, 3.63) is 34.9 Å². The van der Waals surface area contributed by atoms with Crippen LogP contribution in [-0.4, -0.2) is 12.6 Å². The van der Waals surface area contributed by atoms with E-state index in [0.29, 0.717) is 6.04 Å². The van der Waals surface area contributed by atoms with Crippen LogP contribution in [0, 0.1) is 0 Å². The van der Waals surface area contributed by atoms with Gasteiger partial charge in [0, 0.05) is 11.1 Å². The maximum absolute atomic E-state index is 6.16. The number of nitrogens with one attached hydrogen (secondary N) is 1. The van der Waals surface area contributed by atoms with Gasteiger partial charge in [-0.15, -0.1) is 0 Å². The molecule has 1 heterocycles. The van der Waals surface area contributed by atoms with Crippen molar-refractivity contribution < 1.29 is 0 Å². The molecule has 1 aromatic rings. The Hall–Kier alpha value is -0.530. The van der Waals surface area contributed by atoms with Crippen LogP contribution >= 0.6 is 11.6 Å². The molecule has 2 heteroatoms. The van der Waals surface area contributed by atoms with Gasteiger partial charge in [0.1, 0.15) is 0 Å². The molecular formula is C13H18ClN. The van der Waals surface area contributed by atoms with E-state index in [2.05, 4.69) is 17.4 Å². The summed E-state index contributed by atoms with van der Waals surface area (Å²) < 4.78 is 0. The first-order chi connectivity index (χ1) is 7.36. The van der Waals surface area contributed by atoms with Crippen LogP contribution in [0.1, 0.15) is 31.2 Å². The normalized spacial score (nSPS) is 22.3. The van der Waals surface area contributed by atoms with Gasteiger partial charge in [0.25, 0.3) is 0 Å². The fourth-order valence-corrected chi connectivity index (χ4v) is 2.42. The number of hydrogen-bond acceptors (Lipinski definition) is 1. The Bertz CT molecular complexity index is 303. The fraction of sp³-hybridized carbons (Fsp3) is 0.538. The Balaban J connectivity index is 1.98. The fourth-order valence-electron chi connectivity index (χ4n) is 2.20. The van der Waals surface area contributed by atoms with Gasteiger partial charge in [0.2, 0.25) is 0 Å². The molecule has 0 spiro atoms. The molecule has 1 nitrogen and oxygen atoms in total. The molecule has 82 valence electrons. The Labute approximate surface area is 96.8 Å². The van der Waals surface area contributed by atoms with E-state index in [1.54, 1.807) is 0 Å². The Morgan fingerprint density at radius 3 is 2.93 bits per heavy atom. The predicted octanol–water partition coefficient (Wildman–Crippen LogP) is 3.41. The quantitative estimate of drug-likeness (QED) is 0.810. The second kappa shape index (κ2) is 5.53. The van der Waals surface area contributed by atoms with Crippen LogP contribution in [0.2, 0.25) is 5.02 Å². The van der Waals surface area contributed by atoms with Crippen LogP contribution in [0.25, 0.3) is 0 Å². The van der Waals surface area contributed by atoms with Crippen molar-refractivity contribution in [1.82, 2.24) is 5.32 Å². The second-order valence-electron chi connectivity index (χ2n) is 4.30. The summed E-state index contributed by atoms with van der Waals surface area (Å²) in [5, 5.41) is 4.50. The van der Waals surface area contributed by atoms with Crippen LogP contribution < -0.4 is 5.32 Å². The SMILES string of the molecule is Clc1ccccc1C[C@@H]1CCCCCN1. The topological polar surface area (TPSA) is 12.0 Å². The summed E-state index contributed by atoms with van der Waals surface area (Å²) in [6.07, 6.45) is 6.39. The van der Waals surface area contributed by atoms with E-state index in [0.717, 1.165) is 18.0 Å². The molecule has 2 rings (SSSR count). The highest BCUT2D eigenvalue weighted by molar-refractivity contribution is 6.31. The maximum Gasteiger partial charge on any atom is 0.0438 e. The number of hydrogen-bond donors (Lipinski definition) is 1. The van der Waals surface area contributed by atoms with Crippen molar-refractivity contribution in [3.63, 3.8) is 0 Å². The van der Waals surface area contributed by atoms with Gasteiger partial charge in [-0.05, 0) is 37.4 Å². The van der Waals surface area contributed by atoms with E-state index in [-0.39, 0.29) is 0 Å². The van der Waals surface area contributed by atoms with Gasteiger partial charge in [0.05, 0.1) is 0 Å². The summed E-state index contributed by atoms with van der Waals surface area (Å²) >= 11 is 6.16. The van der Waals surface area contributed by atoms with Crippen LogP contribution in [0.3, 0.4) is 0 Å². The van der Waals surface area contributed by atoms with Gasteiger partial charge < -0.3 is 5.32 Å². The minimum absolute atomic E-state index is 0.618. The van der Waals surface area contributed by atoms with Crippen molar-refractivity contribution in [2.75, 3.05) is 6.54 Å². The van der Waals surface area contributed by atoms with E-state index in [4.69, 9.17) is 11.6 Å². The van der Waals surface area contributed by atoms with Crippen molar-refractivity contribution >= 4 is 11.6 Å². The van der Waals surface area contributed by atoms with Gasteiger partial charge in [-0.25, -0.2) is 0 Å². The molecule has 0 amide bonds. The summed E-state index contributed by atoms with van der Waals surface area (Å²) in [6, 6.07) is 8.79. The Morgan fingerprint density at radius 1 is 1.20 bits per heavy atom. The zero-order valence-corrected chi connectivity index (χ0v) is 9.76. The van der Waals surface area contributed by atoms with Crippen molar-refractivity contribution in [2.24, 2.45) is 0 Å². The van der Waals surface area contributed by atoms with Crippen LogP contribution in [-0.2, 0) is 6.42 Å². The van der Waals surface area contributed by atoms with Crippen LogP contribution in [0.5, 0.6) is 0 Å². The molecule has 0 radical (unpaired) electrons. The van der Waals surface area contributed by atoms with Crippen LogP contribution in [0.4, 0.5) is 0 Å². The molecule has 0 saturated carbocycles. The van der Waals surface area contributed by atoms with Gasteiger partial charge in [-0.1, -0.05) is 42.6 Å². The number of rotatable bonds is 2. The lowest BCUT2D eigenvalue weighted by atomic mass is 10.0. The summed E-state index contributed by atoms with van der Waals surface area (Å²) in [7, 11) is 0. The lowest BCUT2D eigenvalue weighted by Gasteiger charge is -2.16. The lowest BCUT2D eigenvalue weighted by Crippen LogP contribution is -2.30. The molecule has 1 aromatic carbocycles. The minimum Gasteiger partial charge on any atom is -0.314 e. The highest BCUT2D eigenvalue weighted by Crippen LogP contribution is 2.19. The molecule has 1 saturated heterocycles. The van der Waals surface area contributed by atoms with Crippen molar-refractivity contribution in [1.29, 1.82) is 0 Å². The van der Waals surface area contributed by atoms with E-state index in [1.807, 2.05) is 12.1 Å². The Kier molecular flexibility index (Phi) is 4.04. The molecule has 0 aromatic heterocycles. The summed E-state index contributed by atoms with van der Waals surface area (Å²) in [6.45, 7) is 1.16. The van der Waals surface area contributed by atoms with E-state index >= 15 is 0 Å². The lowest BCUT2D eigenvalue weighted by molar-refractivity contribution is 0.507. The molecule has 0 unspecified atom stereocenters. The molecule has 1 fully saturated rings. The number of halogens is 1. The van der Waals surface area contributed by atoms with Crippen molar-refractivity contribution in [2.45, 2.75) is 38.1 Å². The highest BCUT2D eigenvalue weighted by atomic mass is 35.5. The van der Waals surface area contributed by atoms with E-state index in [1.165, 1.54) is 31.2 Å². The zero-order valence-electron chi connectivity index (χ0n) is 9.01. The van der Waals surface area contributed by atoms with Gasteiger partial charge >= 0.3 is 0 Å². The second-order valence-corrected chi connectivity index (χ2v) is 4.70. The predicted molar refractivity (Wildman–Crippen MR) is 65.4 cm³/mol. The first-order valence-electron chi connectivity index (χ1n) is 5.83. The molecule has 15 heavy (non-hydrogen) atoms. The minimum atomic E-state index is 0.618.